The normalized spacial score (nSPS) is 8.78. The maximum absolute atomic E-state index is 2.00. The van der Waals surface area contributed by atoms with Gasteiger partial charge in [0.1, 0.15) is 0 Å². The topological polar surface area (TPSA) is 11.6 Å². The molecule has 0 radical (unpaired) electrons. The van der Waals surface area contributed by atoms with Crippen LogP contribution in [-0.4, -0.2) is 14.4 Å². The van der Waals surface area contributed by atoms with Gasteiger partial charge in [0, 0.05) is 0 Å². The van der Waals surface area contributed by atoms with Crippen molar-refractivity contribution >= 4 is 14.4 Å². The van der Waals surface area contributed by atoms with Crippen LogP contribution < -0.4 is 13.3 Å². The maximum atomic E-state index is 2.00. The van der Waals surface area contributed by atoms with Crippen LogP contribution in [0.15, 0.2) is 6.33 Å². The Hall–Kier alpha value is -0.600. The first-order chi connectivity index (χ1) is 4.18. The average molecular weight is 122 g/mol. The molecule has 0 aliphatic rings. The molecule has 0 amide bonds. The fraction of sp³-hybridized carbons (Fsp3) is 0.750. The summed E-state index contributed by atoms with van der Waals surface area (Å²) in [6.45, 7) is 0. The molecule has 0 aromatic carbocycles. The van der Waals surface area contributed by atoms with Gasteiger partial charge in [-0.1, -0.05) is 0 Å². The van der Waals surface area contributed by atoms with E-state index in [1.807, 2.05) is 55.2 Å². The molecule has 44 valence electrons. The second-order valence-corrected chi connectivity index (χ2v) is 2.34. The van der Waals surface area contributed by atoms with Crippen LogP contribution in [-0.2, 0) is 21.1 Å². The minimum atomic E-state index is 2.00. The summed E-state index contributed by atoms with van der Waals surface area (Å²) in [7, 11) is 10.0. The van der Waals surface area contributed by atoms with Gasteiger partial charge in [0.25, 0.3) is 0 Å². The van der Waals surface area contributed by atoms with Gasteiger partial charge in [-0.15, -0.1) is 0 Å². The van der Waals surface area contributed by atoms with E-state index in [2.05, 4.69) is 0 Å². The average Bonchev–Trinajstić information content (AvgIpc) is 1.59. The van der Waals surface area contributed by atoms with E-state index in [1.165, 1.54) is 0 Å². The van der Waals surface area contributed by atoms with Crippen molar-refractivity contribution in [2.24, 2.45) is 21.1 Å². The Morgan fingerprint density at radius 2 is 1.44 bits per heavy atom. The Labute approximate surface area is 56.1 Å². The van der Waals surface area contributed by atoms with E-state index in [1.54, 1.807) is 0 Å². The summed E-state index contributed by atoms with van der Waals surface area (Å²) in [5.74, 6) is 0. The van der Waals surface area contributed by atoms with Crippen LogP contribution in [0.25, 0.3) is 0 Å². The van der Waals surface area contributed by atoms with E-state index in [9.17, 15) is 0 Å². The molecule has 1 aromatic heterocycles. The van der Waals surface area contributed by atoms with Crippen molar-refractivity contribution in [3.05, 3.63) is 6.33 Å². The zero-order valence-electron chi connectivity index (χ0n) is 6.07. The molecule has 1 rings (SSSR count). The van der Waals surface area contributed by atoms with Crippen molar-refractivity contribution < 1.29 is 13.3 Å². The zero-order valence-corrected chi connectivity index (χ0v) is 6.07. The molecule has 0 spiro atoms. The number of rotatable bonds is 0. The molecule has 5 heteroatoms. The van der Waals surface area contributed by atoms with Crippen molar-refractivity contribution in [2.45, 2.75) is 0 Å². The van der Waals surface area contributed by atoms with Gasteiger partial charge in [-0.3, -0.25) is 0 Å². The van der Waals surface area contributed by atoms with Gasteiger partial charge in [0.05, 0.1) is 0 Å². The van der Waals surface area contributed by atoms with Crippen molar-refractivity contribution in [1.29, 1.82) is 0 Å². The van der Waals surface area contributed by atoms with Crippen LogP contribution in [0.1, 0.15) is 0 Å². The second kappa shape index (κ2) is 2.33. The quantitative estimate of drug-likeness (QED) is 0.344. The van der Waals surface area contributed by atoms with Crippen molar-refractivity contribution in [3.8, 4) is 0 Å². The number of hydrogen-bond donors (Lipinski definition) is 0. The molecule has 1 heterocycles. The fourth-order valence-electron chi connectivity index (χ4n) is 0.951. The molecule has 0 fully saturated rings. The second-order valence-electron chi connectivity index (χ2n) is 2.34. The summed E-state index contributed by atoms with van der Waals surface area (Å²) in [5, 5.41) is 0. The summed E-state index contributed by atoms with van der Waals surface area (Å²) in [6, 6.07) is 0. The van der Waals surface area contributed by atoms with Crippen LogP contribution in [0.2, 0.25) is 0 Å². The standard InChI is InChI=1S/C4H10B2N3/c1-7-4-8(2)6-9(3)5-7/h4H,1-3H3/q+3. The molecule has 3 nitrogen and oxygen atoms in total. The Balaban J connectivity index is 3.17. The summed E-state index contributed by atoms with van der Waals surface area (Å²) >= 11 is 0. The summed E-state index contributed by atoms with van der Waals surface area (Å²) < 4.78 is 6.00. The van der Waals surface area contributed by atoms with E-state index >= 15 is 0 Å². The molecule has 0 saturated heterocycles. The first kappa shape index (κ1) is 6.52. The van der Waals surface area contributed by atoms with Gasteiger partial charge in [-0.2, -0.15) is 0 Å². The molecule has 0 aliphatic heterocycles. The van der Waals surface area contributed by atoms with Crippen molar-refractivity contribution in [1.82, 2.24) is 0 Å². The molecular weight excluding hydrogens is 112 g/mol. The number of nitrogens with zero attached hydrogens (tertiary/aromatic N) is 3. The monoisotopic (exact) mass is 122 g/mol. The molecule has 1 aromatic rings. The zero-order chi connectivity index (χ0) is 6.85. The molecule has 0 unspecified atom stereocenters. The molecule has 9 heavy (non-hydrogen) atoms. The summed E-state index contributed by atoms with van der Waals surface area (Å²) in [4.78, 5) is 0. The van der Waals surface area contributed by atoms with Crippen LogP contribution in [0, 0.1) is 0 Å². The summed E-state index contributed by atoms with van der Waals surface area (Å²) in [5.41, 5.74) is 0. The molecule has 0 N–H and O–H groups in total. The number of hydrogen-bond acceptors (Lipinski definition) is 0. The summed E-state index contributed by atoms with van der Waals surface area (Å²) in [6.07, 6.45) is 2.00. The molecule has 0 aliphatic carbocycles. The number of aryl methyl sites for hydroxylation is 3. The Morgan fingerprint density at radius 1 is 1.00 bits per heavy atom. The predicted octanol–water partition coefficient (Wildman–Crippen LogP) is -3.16. The Morgan fingerprint density at radius 3 is 1.78 bits per heavy atom. The number of aromatic nitrogens is 3. The first-order valence-corrected chi connectivity index (χ1v) is 2.89. The SMILES string of the molecule is C[n+]1b[n+](C)c[n+](C)b1. The Kier molecular flexibility index (Phi) is 1.69. The minimum absolute atomic E-state index is 2.00. The van der Waals surface area contributed by atoms with Crippen molar-refractivity contribution in [2.75, 3.05) is 0 Å². The van der Waals surface area contributed by atoms with Gasteiger partial charge in [0.2, 0.25) is 0 Å². The van der Waals surface area contributed by atoms with E-state index in [-0.39, 0.29) is 0 Å². The molecule has 0 atom stereocenters. The molecule has 0 saturated carbocycles. The molecule has 0 bridgehead atoms. The van der Waals surface area contributed by atoms with Gasteiger partial charge in [-0.25, -0.2) is 0 Å². The van der Waals surface area contributed by atoms with Gasteiger partial charge < -0.3 is 0 Å². The van der Waals surface area contributed by atoms with Crippen LogP contribution in [0.5, 0.6) is 0 Å². The van der Waals surface area contributed by atoms with Gasteiger partial charge in [0.15, 0.2) is 0 Å². The predicted molar refractivity (Wildman–Crippen MR) is 32.7 cm³/mol. The van der Waals surface area contributed by atoms with E-state index < -0.39 is 0 Å². The fourth-order valence-corrected chi connectivity index (χ4v) is 0.951. The van der Waals surface area contributed by atoms with E-state index in [0.717, 1.165) is 0 Å². The van der Waals surface area contributed by atoms with E-state index in [0.29, 0.717) is 0 Å². The third kappa shape index (κ3) is 1.66. The first-order valence-electron chi connectivity index (χ1n) is 2.89. The van der Waals surface area contributed by atoms with Crippen LogP contribution in [0.4, 0.5) is 0 Å². The molecular formula is C4H10B2N3+3. The third-order valence-corrected chi connectivity index (χ3v) is 1.09. The van der Waals surface area contributed by atoms with Crippen LogP contribution in [0.3, 0.4) is 0 Å². The van der Waals surface area contributed by atoms with Crippen molar-refractivity contribution in [3.63, 3.8) is 0 Å². The van der Waals surface area contributed by atoms with E-state index in [4.69, 9.17) is 0 Å². The van der Waals surface area contributed by atoms with Gasteiger partial charge in [-0.05, 0) is 0 Å². The third-order valence-electron chi connectivity index (χ3n) is 1.09. The van der Waals surface area contributed by atoms with Gasteiger partial charge >= 0.3 is 55.2 Å². The van der Waals surface area contributed by atoms with Crippen LogP contribution >= 0.6 is 0 Å². The Bertz CT molecular complexity index is 175.